The van der Waals surface area contributed by atoms with Crippen molar-refractivity contribution in [1.82, 2.24) is 4.98 Å². The van der Waals surface area contributed by atoms with Gasteiger partial charge in [-0.2, -0.15) is 0 Å². The Morgan fingerprint density at radius 2 is 1.79 bits per heavy atom. The molecule has 0 saturated heterocycles. The third-order valence-electron chi connectivity index (χ3n) is 3.46. The first kappa shape index (κ1) is 17.5. The molecule has 1 unspecified atom stereocenters. The predicted octanol–water partition coefficient (Wildman–Crippen LogP) is 3.50. The molecule has 6 nitrogen and oxygen atoms in total. The van der Waals surface area contributed by atoms with E-state index in [-0.39, 0.29) is 11.8 Å². The van der Waals surface area contributed by atoms with Crippen LogP contribution in [0.3, 0.4) is 0 Å². The van der Waals surface area contributed by atoms with Crippen LogP contribution >= 0.6 is 0 Å². The normalized spacial score (nSPS) is 11.5. The average Bonchev–Trinajstić information content (AvgIpc) is 2.55. The number of nitrogens with one attached hydrogen (secondary N) is 3. The highest BCUT2D eigenvalue weighted by Crippen LogP contribution is 2.16. The smallest absolute Gasteiger partial charge is 0.274 e. The van der Waals surface area contributed by atoms with Crippen molar-refractivity contribution in [3.8, 4) is 0 Å². The Morgan fingerprint density at radius 1 is 1.08 bits per heavy atom. The molecule has 0 radical (unpaired) electrons. The predicted molar refractivity (Wildman–Crippen MR) is 96.3 cm³/mol. The van der Waals surface area contributed by atoms with E-state index in [0.29, 0.717) is 23.1 Å². The van der Waals surface area contributed by atoms with E-state index in [4.69, 9.17) is 0 Å². The molecule has 2 aromatic rings. The standard InChI is InChI=1S/C18H22N4O2/c1-4-12(2)20-16-8-9-17(19-11-16)18(24)22-15-7-5-6-14(10-15)21-13(3)23/h5-12,20H,4H2,1-3H3,(H,21,23)(H,22,24). The summed E-state index contributed by atoms with van der Waals surface area (Å²) in [5, 5.41) is 8.74. The zero-order valence-corrected chi connectivity index (χ0v) is 14.1. The van der Waals surface area contributed by atoms with Crippen LogP contribution < -0.4 is 16.0 Å². The van der Waals surface area contributed by atoms with Gasteiger partial charge in [-0.05, 0) is 43.7 Å². The van der Waals surface area contributed by atoms with Gasteiger partial charge in [-0.25, -0.2) is 4.98 Å². The van der Waals surface area contributed by atoms with Gasteiger partial charge in [-0.3, -0.25) is 9.59 Å². The summed E-state index contributed by atoms with van der Waals surface area (Å²) in [5.74, 6) is -0.463. The van der Waals surface area contributed by atoms with E-state index in [2.05, 4.69) is 34.8 Å². The minimum Gasteiger partial charge on any atom is -0.381 e. The zero-order valence-electron chi connectivity index (χ0n) is 14.1. The molecule has 3 N–H and O–H groups in total. The van der Waals surface area contributed by atoms with Gasteiger partial charge >= 0.3 is 0 Å². The Hall–Kier alpha value is -2.89. The monoisotopic (exact) mass is 326 g/mol. The Morgan fingerprint density at radius 3 is 2.38 bits per heavy atom. The molecule has 0 aliphatic carbocycles. The maximum atomic E-state index is 12.3. The molecule has 126 valence electrons. The van der Waals surface area contributed by atoms with Crippen LogP contribution in [-0.2, 0) is 4.79 Å². The fourth-order valence-electron chi connectivity index (χ4n) is 2.07. The number of benzene rings is 1. The summed E-state index contributed by atoms with van der Waals surface area (Å²) in [6.07, 6.45) is 2.65. The Balaban J connectivity index is 2.03. The van der Waals surface area contributed by atoms with Crippen molar-refractivity contribution in [2.75, 3.05) is 16.0 Å². The number of anilines is 3. The number of pyridine rings is 1. The minimum absolute atomic E-state index is 0.162. The zero-order chi connectivity index (χ0) is 17.5. The molecule has 0 fully saturated rings. The van der Waals surface area contributed by atoms with Gasteiger partial charge in [0.25, 0.3) is 5.91 Å². The second-order valence-electron chi connectivity index (χ2n) is 5.60. The molecule has 0 bridgehead atoms. The molecule has 1 atom stereocenters. The summed E-state index contributed by atoms with van der Waals surface area (Å²) in [6, 6.07) is 10.8. The summed E-state index contributed by atoms with van der Waals surface area (Å²) in [6.45, 7) is 5.62. The van der Waals surface area contributed by atoms with Gasteiger partial charge in [-0.1, -0.05) is 13.0 Å². The number of hydrogen-bond donors (Lipinski definition) is 3. The lowest BCUT2D eigenvalue weighted by molar-refractivity contribution is -0.114. The SMILES string of the molecule is CCC(C)Nc1ccc(C(=O)Nc2cccc(NC(C)=O)c2)nc1. The maximum Gasteiger partial charge on any atom is 0.274 e. The number of rotatable bonds is 6. The van der Waals surface area contributed by atoms with Crippen molar-refractivity contribution >= 4 is 28.9 Å². The minimum atomic E-state index is -0.301. The molecule has 0 saturated carbocycles. The van der Waals surface area contributed by atoms with Crippen molar-refractivity contribution in [2.45, 2.75) is 33.2 Å². The Kier molecular flexibility index (Phi) is 5.89. The van der Waals surface area contributed by atoms with Crippen LogP contribution in [0.1, 0.15) is 37.7 Å². The van der Waals surface area contributed by atoms with Gasteiger partial charge < -0.3 is 16.0 Å². The number of carbonyl (C=O) groups is 2. The van der Waals surface area contributed by atoms with Gasteiger partial charge in [0.2, 0.25) is 5.91 Å². The Bertz CT molecular complexity index is 713. The fourth-order valence-corrected chi connectivity index (χ4v) is 2.07. The molecule has 1 aromatic carbocycles. The van der Waals surface area contributed by atoms with Gasteiger partial charge in [0.05, 0.1) is 11.9 Å². The van der Waals surface area contributed by atoms with Crippen LogP contribution in [0.25, 0.3) is 0 Å². The van der Waals surface area contributed by atoms with E-state index < -0.39 is 0 Å². The molecule has 2 amide bonds. The van der Waals surface area contributed by atoms with Crippen LogP contribution in [-0.4, -0.2) is 22.8 Å². The first-order chi connectivity index (χ1) is 11.5. The number of hydrogen-bond acceptors (Lipinski definition) is 4. The van der Waals surface area contributed by atoms with Gasteiger partial charge in [0, 0.05) is 24.3 Å². The van der Waals surface area contributed by atoms with Crippen LogP contribution in [0.2, 0.25) is 0 Å². The van der Waals surface area contributed by atoms with Crippen LogP contribution in [0, 0.1) is 0 Å². The summed E-state index contributed by atoms with van der Waals surface area (Å²) >= 11 is 0. The molecular formula is C18H22N4O2. The Labute approximate surface area is 141 Å². The number of carbonyl (C=O) groups excluding carboxylic acids is 2. The van der Waals surface area contributed by atoms with Crippen molar-refractivity contribution in [2.24, 2.45) is 0 Å². The van der Waals surface area contributed by atoms with E-state index in [9.17, 15) is 9.59 Å². The lowest BCUT2D eigenvalue weighted by Gasteiger charge is -2.12. The summed E-state index contributed by atoms with van der Waals surface area (Å²) in [7, 11) is 0. The quantitative estimate of drug-likeness (QED) is 0.758. The van der Waals surface area contributed by atoms with E-state index in [1.807, 2.05) is 6.07 Å². The maximum absolute atomic E-state index is 12.3. The molecule has 0 aliphatic rings. The molecule has 6 heteroatoms. The highest BCUT2D eigenvalue weighted by atomic mass is 16.2. The highest BCUT2D eigenvalue weighted by Gasteiger charge is 2.09. The van der Waals surface area contributed by atoms with Crippen molar-refractivity contribution in [3.63, 3.8) is 0 Å². The van der Waals surface area contributed by atoms with Crippen LogP contribution in [0.4, 0.5) is 17.1 Å². The fraction of sp³-hybridized carbons (Fsp3) is 0.278. The lowest BCUT2D eigenvalue weighted by Crippen LogP contribution is -2.16. The summed E-state index contributed by atoms with van der Waals surface area (Å²) in [5.41, 5.74) is 2.43. The topological polar surface area (TPSA) is 83.1 Å². The third kappa shape index (κ3) is 5.08. The molecular weight excluding hydrogens is 304 g/mol. The number of amides is 2. The summed E-state index contributed by atoms with van der Waals surface area (Å²) in [4.78, 5) is 27.5. The second kappa shape index (κ2) is 8.10. The first-order valence-electron chi connectivity index (χ1n) is 7.89. The van der Waals surface area contributed by atoms with E-state index in [1.54, 1.807) is 36.5 Å². The average molecular weight is 326 g/mol. The number of aromatic nitrogens is 1. The largest absolute Gasteiger partial charge is 0.381 e. The van der Waals surface area contributed by atoms with Gasteiger partial charge in [-0.15, -0.1) is 0 Å². The molecule has 1 aromatic heterocycles. The highest BCUT2D eigenvalue weighted by molar-refractivity contribution is 6.03. The number of nitrogens with zero attached hydrogens (tertiary/aromatic N) is 1. The van der Waals surface area contributed by atoms with Gasteiger partial charge in [0.1, 0.15) is 5.69 Å². The first-order valence-corrected chi connectivity index (χ1v) is 7.89. The molecule has 1 heterocycles. The lowest BCUT2D eigenvalue weighted by atomic mass is 10.2. The van der Waals surface area contributed by atoms with Crippen molar-refractivity contribution in [3.05, 3.63) is 48.3 Å². The van der Waals surface area contributed by atoms with Crippen molar-refractivity contribution < 1.29 is 9.59 Å². The molecule has 2 rings (SSSR count). The molecule has 0 aliphatic heterocycles. The third-order valence-corrected chi connectivity index (χ3v) is 3.46. The molecule has 24 heavy (non-hydrogen) atoms. The van der Waals surface area contributed by atoms with Crippen LogP contribution in [0.15, 0.2) is 42.6 Å². The summed E-state index contributed by atoms with van der Waals surface area (Å²) < 4.78 is 0. The molecule has 0 spiro atoms. The second-order valence-corrected chi connectivity index (χ2v) is 5.60. The van der Waals surface area contributed by atoms with Crippen molar-refractivity contribution in [1.29, 1.82) is 0 Å². The van der Waals surface area contributed by atoms with Gasteiger partial charge in [0.15, 0.2) is 0 Å². The van der Waals surface area contributed by atoms with E-state index in [1.165, 1.54) is 6.92 Å². The van der Waals surface area contributed by atoms with Crippen LogP contribution in [0.5, 0.6) is 0 Å². The van der Waals surface area contributed by atoms with E-state index in [0.717, 1.165) is 12.1 Å². The van der Waals surface area contributed by atoms with E-state index >= 15 is 0 Å².